The molecule has 0 amide bonds. The summed E-state index contributed by atoms with van der Waals surface area (Å²) in [5, 5.41) is 18.2. The van der Waals surface area contributed by atoms with E-state index in [0.717, 1.165) is 11.1 Å². The van der Waals surface area contributed by atoms with E-state index >= 15 is 0 Å². The topological polar surface area (TPSA) is 107 Å². The first kappa shape index (κ1) is 17.2. The molecule has 4 rings (SSSR count). The number of rotatable bonds is 4. The molecule has 0 saturated carbocycles. The molecule has 3 heterocycles. The maximum Gasteiger partial charge on any atom is 0.338 e. The summed E-state index contributed by atoms with van der Waals surface area (Å²) < 4.78 is 6.89. The van der Waals surface area contributed by atoms with E-state index in [4.69, 9.17) is 16.1 Å². The number of hydrogen-bond acceptors (Lipinski definition) is 6. The molecule has 0 aliphatic heterocycles. The van der Waals surface area contributed by atoms with Gasteiger partial charge in [-0.1, -0.05) is 46.6 Å². The molecule has 0 bridgehead atoms. The van der Waals surface area contributed by atoms with Crippen LogP contribution in [0.15, 0.2) is 35.0 Å². The molecule has 0 aliphatic carbocycles. The predicted octanol–water partition coefficient (Wildman–Crippen LogP) is 3.50. The van der Waals surface area contributed by atoms with Crippen molar-refractivity contribution in [1.29, 1.82) is 0 Å². The summed E-state index contributed by atoms with van der Waals surface area (Å²) in [5.41, 5.74) is 2.96. The van der Waals surface area contributed by atoms with Crippen molar-refractivity contribution in [2.45, 2.75) is 20.4 Å². The maximum atomic E-state index is 11.2. The normalized spacial score (nSPS) is 11.2. The zero-order chi connectivity index (χ0) is 19.1. The van der Waals surface area contributed by atoms with Gasteiger partial charge in [0, 0.05) is 11.8 Å². The first-order valence-electron chi connectivity index (χ1n) is 8.08. The second kappa shape index (κ2) is 6.48. The average Bonchev–Trinajstić information content (AvgIpc) is 3.21. The number of halogens is 1. The summed E-state index contributed by atoms with van der Waals surface area (Å²) >= 11 is 6.23. The van der Waals surface area contributed by atoms with Gasteiger partial charge in [-0.15, -0.1) is 0 Å². The molecule has 0 unspecified atom stereocenters. The van der Waals surface area contributed by atoms with E-state index < -0.39 is 5.97 Å². The molecule has 4 aromatic rings. The highest BCUT2D eigenvalue weighted by Crippen LogP contribution is 2.29. The first-order chi connectivity index (χ1) is 12.9. The van der Waals surface area contributed by atoms with Gasteiger partial charge in [-0.05, 0) is 13.8 Å². The molecular weight excluding hydrogens is 370 g/mol. The number of aromatic carboxylic acids is 1. The van der Waals surface area contributed by atoms with E-state index in [9.17, 15) is 9.90 Å². The Hall–Kier alpha value is -3.26. The lowest BCUT2D eigenvalue weighted by molar-refractivity contribution is 0.0697. The SMILES string of the molecule is Cc1ccc(-c2noc(Cn3nc(C)c4c(Cl)c(C(=O)O)cnc43)n2)cc1. The summed E-state index contributed by atoms with van der Waals surface area (Å²) in [7, 11) is 0. The number of hydrogen-bond donors (Lipinski definition) is 1. The second-order valence-corrected chi connectivity index (χ2v) is 6.49. The molecule has 0 aliphatic rings. The van der Waals surface area contributed by atoms with Crippen LogP contribution in [0.3, 0.4) is 0 Å². The van der Waals surface area contributed by atoms with Crippen molar-refractivity contribution in [3.63, 3.8) is 0 Å². The highest BCUT2D eigenvalue weighted by atomic mass is 35.5. The van der Waals surface area contributed by atoms with Crippen molar-refractivity contribution in [3.8, 4) is 11.4 Å². The molecule has 1 aromatic carbocycles. The lowest BCUT2D eigenvalue weighted by Crippen LogP contribution is -2.04. The Kier molecular flexibility index (Phi) is 4.12. The van der Waals surface area contributed by atoms with Gasteiger partial charge in [0.2, 0.25) is 11.7 Å². The van der Waals surface area contributed by atoms with Crippen molar-refractivity contribution >= 4 is 28.6 Å². The van der Waals surface area contributed by atoms with E-state index in [2.05, 4.69) is 20.2 Å². The Bertz CT molecular complexity index is 1160. The van der Waals surface area contributed by atoms with Crippen LogP contribution in [0, 0.1) is 13.8 Å². The third-order valence-corrected chi connectivity index (χ3v) is 4.56. The van der Waals surface area contributed by atoms with E-state index in [1.165, 1.54) is 6.20 Å². The van der Waals surface area contributed by atoms with Crippen LogP contribution in [-0.4, -0.2) is 36.0 Å². The largest absolute Gasteiger partial charge is 0.478 e. The van der Waals surface area contributed by atoms with Crippen molar-refractivity contribution in [2.75, 3.05) is 0 Å². The number of aryl methyl sites for hydroxylation is 2. The van der Waals surface area contributed by atoms with Crippen molar-refractivity contribution in [1.82, 2.24) is 24.9 Å². The van der Waals surface area contributed by atoms with Gasteiger partial charge in [-0.2, -0.15) is 10.1 Å². The number of nitrogens with zero attached hydrogens (tertiary/aromatic N) is 5. The van der Waals surface area contributed by atoms with Gasteiger partial charge in [0.15, 0.2) is 5.65 Å². The predicted molar refractivity (Wildman–Crippen MR) is 97.8 cm³/mol. The Morgan fingerprint density at radius 2 is 2.00 bits per heavy atom. The summed E-state index contributed by atoms with van der Waals surface area (Å²) in [6, 6.07) is 7.79. The van der Waals surface area contributed by atoms with E-state index in [0.29, 0.717) is 28.4 Å². The summed E-state index contributed by atoms with van der Waals surface area (Å²) in [6.45, 7) is 3.94. The monoisotopic (exact) mass is 383 g/mol. The molecule has 8 nitrogen and oxygen atoms in total. The summed E-state index contributed by atoms with van der Waals surface area (Å²) in [6.07, 6.45) is 1.22. The fraction of sp³-hybridized carbons (Fsp3) is 0.167. The third-order valence-electron chi connectivity index (χ3n) is 4.17. The number of carboxylic acids is 1. The van der Waals surface area contributed by atoms with Gasteiger partial charge in [0.25, 0.3) is 0 Å². The summed E-state index contributed by atoms with van der Waals surface area (Å²) in [5.74, 6) is -0.297. The van der Waals surface area contributed by atoms with Crippen LogP contribution in [0.1, 0.15) is 27.5 Å². The van der Waals surface area contributed by atoms with Gasteiger partial charge in [-0.3, -0.25) is 0 Å². The lowest BCUT2D eigenvalue weighted by Gasteiger charge is -2.01. The fourth-order valence-corrected chi connectivity index (χ4v) is 3.15. The van der Waals surface area contributed by atoms with Crippen LogP contribution in [0.2, 0.25) is 5.02 Å². The molecule has 1 N–H and O–H groups in total. The van der Waals surface area contributed by atoms with Crippen LogP contribution >= 0.6 is 11.6 Å². The van der Waals surface area contributed by atoms with E-state index in [1.807, 2.05) is 31.2 Å². The Morgan fingerprint density at radius 1 is 1.26 bits per heavy atom. The number of aromatic nitrogens is 5. The molecule has 0 atom stereocenters. The second-order valence-electron chi connectivity index (χ2n) is 6.11. The highest BCUT2D eigenvalue weighted by molar-refractivity contribution is 6.38. The third kappa shape index (κ3) is 3.04. The number of fused-ring (bicyclic) bond motifs is 1. The first-order valence-corrected chi connectivity index (χ1v) is 8.46. The Balaban J connectivity index is 1.69. The van der Waals surface area contributed by atoms with Crippen molar-refractivity contribution < 1.29 is 14.4 Å². The van der Waals surface area contributed by atoms with Crippen LogP contribution in [-0.2, 0) is 6.54 Å². The molecule has 3 aromatic heterocycles. The van der Waals surface area contributed by atoms with Crippen LogP contribution in [0.25, 0.3) is 22.4 Å². The Morgan fingerprint density at radius 3 is 2.70 bits per heavy atom. The lowest BCUT2D eigenvalue weighted by atomic mass is 10.1. The van der Waals surface area contributed by atoms with E-state index in [-0.39, 0.29) is 17.1 Å². The molecule has 9 heteroatoms. The number of benzene rings is 1. The molecule has 136 valence electrons. The Labute approximate surface area is 158 Å². The maximum absolute atomic E-state index is 11.2. The van der Waals surface area contributed by atoms with Crippen LogP contribution < -0.4 is 0 Å². The smallest absolute Gasteiger partial charge is 0.338 e. The minimum absolute atomic E-state index is 0.0636. The zero-order valence-electron chi connectivity index (χ0n) is 14.5. The van der Waals surface area contributed by atoms with Gasteiger partial charge in [-0.25, -0.2) is 14.5 Å². The molecule has 27 heavy (non-hydrogen) atoms. The summed E-state index contributed by atoms with van der Waals surface area (Å²) in [4.78, 5) is 19.8. The zero-order valence-corrected chi connectivity index (χ0v) is 15.2. The van der Waals surface area contributed by atoms with Crippen molar-refractivity contribution in [3.05, 3.63) is 58.2 Å². The van der Waals surface area contributed by atoms with Gasteiger partial charge in [0.05, 0.1) is 21.7 Å². The quantitative estimate of drug-likeness (QED) is 0.574. The highest BCUT2D eigenvalue weighted by Gasteiger charge is 2.20. The van der Waals surface area contributed by atoms with Gasteiger partial charge in [0.1, 0.15) is 6.54 Å². The minimum Gasteiger partial charge on any atom is -0.478 e. The van der Waals surface area contributed by atoms with E-state index in [1.54, 1.807) is 11.6 Å². The average molecular weight is 384 g/mol. The molecule has 0 fully saturated rings. The molecule has 0 spiro atoms. The molecular formula is C18H14ClN5O3. The fourth-order valence-electron chi connectivity index (χ4n) is 2.80. The molecule has 0 saturated heterocycles. The standard InChI is InChI=1S/C18H14ClN5O3/c1-9-3-5-11(6-4-9)16-21-13(27-23-16)8-24-17-14(10(2)22-24)15(19)12(7-20-17)18(25)26/h3-7H,8H2,1-2H3,(H,25,26). The number of carbonyl (C=O) groups is 1. The van der Waals surface area contributed by atoms with Crippen LogP contribution in [0.4, 0.5) is 0 Å². The van der Waals surface area contributed by atoms with Crippen LogP contribution in [0.5, 0.6) is 0 Å². The molecule has 0 radical (unpaired) electrons. The van der Waals surface area contributed by atoms with Gasteiger partial charge >= 0.3 is 5.97 Å². The van der Waals surface area contributed by atoms with Crippen molar-refractivity contribution in [2.24, 2.45) is 0 Å². The number of pyridine rings is 1. The minimum atomic E-state index is -1.14. The number of carboxylic acid groups (broad SMARTS) is 1. The van der Waals surface area contributed by atoms with Gasteiger partial charge < -0.3 is 9.63 Å².